The van der Waals surface area contributed by atoms with Crippen LogP contribution in [0.1, 0.15) is 0 Å². The van der Waals surface area contributed by atoms with E-state index in [1.165, 1.54) is 0 Å². The Hall–Kier alpha value is -3.99. The van der Waals surface area contributed by atoms with E-state index in [0.717, 1.165) is 17.0 Å². The van der Waals surface area contributed by atoms with Gasteiger partial charge in [-0.2, -0.15) is 0 Å². The van der Waals surface area contributed by atoms with Gasteiger partial charge in [0.1, 0.15) is 5.58 Å². The van der Waals surface area contributed by atoms with Gasteiger partial charge in [-0.1, -0.05) is 29.8 Å². The fourth-order valence-electron chi connectivity index (χ4n) is 3.43. The average Bonchev–Trinajstić information content (AvgIpc) is 2.91. The standard InChI is InChI=1S/C17H9N2O2.C11H8N.Ir/c20-16-12-6-3-5-11(13-7-1-2-9-18-13)17(12)21-14-8-4-10-19-15(14)16;1-2-6-10(7-3-1)11-8-4-5-9-12-11;/h1-4,6-10H;1-6,8-9H;/q2*-1;. The average molecular weight is 620 g/mol. The maximum atomic E-state index is 12.5. The first kappa shape index (κ1) is 23.2. The SMILES string of the molecule is O=c1c2cc[c-]c(-c3ccccn3)c2oc2cccnc12.[Ir].[c-]1ccccc1-c1ccccn1. The van der Waals surface area contributed by atoms with Crippen molar-refractivity contribution >= 4 is 22.1 Å². The second-order valence-electron chi connectivity index (χ2n) is 7.08. The molecule has 0 aliphatic rings. The van der Waals surface area contributed by atoms with E-state index in [2.05, 4.69) is 27.1 Å². The zero-order valence-electron chi connectivity index (χ0n) is 17.8. The van der Waals surface area contributed by atoms with Crippen molar-refractivity contribution in [2.45, 2.75) is 0 Å². The number of hydrogen-bond acceptors (Lipinski definition) is 5. The number of hydrogen-bond donors (Lipinski definition) is 0. The van der Waals surface area contributed by atoms with E-state index >= 15 is 0 Å². The Labute approximate surface area is 209 Å². The van der Waals surface area contributed by atoms with Gasteiger partial charge >= 0.3 is 0 Å². The van der Waals surface area contributed by atoms with Crippen molar-refractivity contribution in [1.29, 1.82) is 0 Å². The molecule has 0 atom stereocenters. The molecule has 0 fully saturated rings. The van der Waals surface area contributed by atoms with E-state index < -0.39 is 0 Å². The van der Waals surface area contributed by atoms with Gasteiger partial charge in [-0.15, -0.1) is 54.1 Å². The Morgan fingerprint density at radius 1 is 0.676 bits per heavy atom. The number of fused-ring (bicyclic) bond motifs is 2. The van der Waals surface area contributed by atoms with Crippen LogP contribution in [0.5, 0.6) is 0 Å². The van der Waals surface area contributed by atoms with E-state index in [0.29, 0.717) is 27.6 Å². The summed E-state index contributed by atoms with van der Waals surface area (Å²) in [4.78, 5) is 25.1. The number of pyridine rings is 3. The maximum absolute atomic E-state index is 12.5. The van der Waals surface area contributed by atoms with Crippen molar-refractivity contribution in [1.82, 2.24) is 15.0 Å². The molecule has 2 aromatic carbocycles. The van der Waals surface area contributed by atoms with Gasteiger partial charge in [0.2, 0.25) is 5.43 Å². The summed E-state index contributed by atoms with van der Waals surface area (Å²) in [5, 5.41) is 0.487. The summed E-state index contributed by atoms with van der Waals surface area (Å²) >= 11 is 0. The van der Waals surface area contributed by atoms with Gasteiger partial charge in [0.15, 0.2) is 5.52 Å². The third kappa shape index (κ3) is 4.83. The second-order valence-corrected chi connectivity index (χ2v) is 7.08. The molecule has 6 aromatic rings. The smallest absolute Gasteiger partial charge is 0.200 e. The van der Waals surface area contributed by atoms with E-state index in [4.69, 9.17) is 4.42 Å². The summed E-state index contributed by atoms with van der Waals surface area (Å²) in [6.45, 7) is 0. The minimum atomic E-state index is -0.141. The molecule has 6 rings (SSSR count). The van der Waals surface area contributed by atoms with Crippen molar-refractivity contribution in [3.05, 3.63) is 126 Å². The van der Waals surface area contributed by atoms with Crippen LogP contribution in [0.4, 0.5) is 0 Å². The van der Waals surface area contributed by atoms with Crippen LogP contribution >= 0.6 is 0 Å². The summed E-state index contributed by atoms with van der Waals surface area (Å²) in [5.74, 6) is 0. The van der Waals surface area contributed by atoms with E-state index in [-0.39, 0.29) is 25.5 Å². The summed E-state index contributed by atoms with van der Waals surface area (Å²) < 4.78 is 5.88. The molecule has 0 unspecified atom stereocenters. The second kappa shape index (κ2) is 10.8. The third-order valence-electron chi connectivity index (χ3n) is 4.96. The molecular formula is C28H17IrN3O2-2. The quantitative estimate of drug-likeness (QED) is 0.183. The molecule has 167 valence electrons. The molecule has 0 N–H and O–H groups in total. The first-order chi connectivity index (χ1) is 16.3. The molecular weight excluding hydrogens is 603 g/mol. The molecule has 0 bridgehead atoms. The maximum Gasteiger partial charge on any atom is 0.200 e. The van der Waals surface area contributed by atoms with E-state index in [9.17, 15) is 4.79 Å². The van der Waals surface area contributed by atoms with Crippen molar-refractivity contribution in [3.8, 4) is 22.5 Å². The van der Waals surface area contributed by atoms with Crippen molar-refractivity contribution in [3.63, 3.8) is 0 Å². The van der Waals surface area contributed by atoms with Crippen LogP contribution in [0.2, 0.25) is 0 Å². The van der Waals surface area contributed by atoms with Crippen LogP contribution in [0.25, 0.3) is 44.6 Å². The normalized spacial score (nSPS) is 10.2. The van der Waals surface area contributed by atoms with Crippen LogP contribution < -0.4 is 5.43 Å². The molecule has 0 aliphatic heterocycles. The minimum Gasteiger partial charge on any atom is -0.499 e. The summed E-state index contributed by atoms with van der Waals surface area (Å²) in [7, 11) is 0. The molecule has 5 nitrogen and oxygen atoms in total. The molecule has 0 spiro atoms. The Morgan fingerprint density at radius 3 is 2.12 bits per heavy atom. The van der Waals surface area contributed by atoms with Crippen LogP contribution in [0.3, 0.4) is 0 Å². The summed E-state index contributed by atoms with van der Waals surface area (Å²) in [6.07, 6.45) is 5.07. The molecule has 0 saturated heterocycles. The largest absolute Gasteiger partial charge is 0.499 e. The molecule has 0 amide bonds. The zero-order valence-corrected chi connectivity index (χ0v) is 20.2. The van der Waals surface area contributed by atoms with Gasteiger partial charge in [-0.25, -0.2) is 4.98 Å². The topological polar surface area (TPSA) is 68.9 Å². The first-order valence-electron chi connectivity index (χ1n) is 10.3. The van der Waals surface area contributed by atoms with Gasteiger partial charge < -0.3 is 14.4 Å². The molecule has 4 aromatic heterocycles. The Balaban J connectivity index is 0.000000180. The Kier molecular flexibility index (Phi) is 7.33. The van der Waals surface area contributed by atoms with Crippen LogP contribution in [-0.2, 0) is 20.1 Å². The summed E-state index contributed by atoms with van der Waals surface area (Å²) in [6, 6.07) is 32.4. The fraction of sp³-hybridized carbons (Fsp3) is 0. The van der Waals surface area contributed by atoms with Gasteiger partial charge in [0, 0.05) is 38.7 Å². The Morgan fingerprint density at radius 2 is 1.41 bits per heavy atom. The van der Waals surface area contributed by atoms with Crippen molar-refractivity contribution in [2.75, 3.05) is 0 Å². The predicted molar refractivity (Wildman–Crippen MR) is 128 cm³/mol. The van der Waals surface area contributed by atoms with Gasteiger partial charge in [-0.05, 0) is 41.0 Å². The van der Waals surface area contributed by atoms with E-state index in [1.54, 1.807) is 42.9 Å². The molecule has 4 heterocycles. The minimum absolute atomic E-state index is 0. The van der Waals surface area contributed by atoms with Crippen molar-refractivity contribution < 1.29 is 24.5 Å². The van der Waals surface area contributed by atoms with Crippen LogP contribution in [-0.4, -0.2) is 15.0 Å². The van der Waals surface area contributed by atoms with E-state index in [1.807, 2.05) is 60.7 Å². The van der Waals surface area contributed by atoms with Crippen LogP contribution in [0, 0.1) is 12.1 Å². The molecule has 0 aliphatic carbocycles. The fourth-order valence-corrected chi connectivity index (χ4v) is 3.43. The van der Waals surface area contributed by atoms with Crippen LogP contribution in [0.15, 0.2) is 113 Å². The predicted octanol–water partition coefficient (Wildman–Crippen LogP) is 5.75. The van der Waals surface area contributed by atoms with Gasteiger partial charge in [0.25, 0.3) is 0 Å². The number of nitrogens with zero attached hydrogens (tertiary/aromatic N) is 3. The molecule has 6 heteroatoms. The third-order valence-corrected chi connectivity index (χ3v) is 4.96. The Bertz CT molecular complexity index is 1530. The monoisotopic (exact) mass is 620 g/mol. The van der Waals surface area contributed by atoms with Crippen molar-refractivity contribution in [2.24, 2.45) is 0 Å². The molecule has 1 radical (unpaired) electrons. The molecule has 34 heavy (non-hydrogen) atoms. The number of aromatic nitrogens is 3. The first-order valence-corrected chi connectivity index (χ1v) is 10.3. The molecule has 0 saturated carbocycles. The number of benzene rings is 2. The zero-order chi connectivity index (χ0) is 22.5. The van der Waals surface area contributed by atoms with Gasteiger partial charge in [-0.3, -0.25) is 4.79 Å². The number of rotatable bonds is 2. The summed E-state index contributed by atoms with van der Waals surface area (Å²) in [5.41, 5.74) is 4.55. The van der Waals surface area contributed by atoms with Gasteiger partial charge in [0.05, 0.1) is 5.58 Å².